The Bertz CT molecular complexity index is 507. The Labute approximate surface area is 101 Å². The van der Waals surface area contributed by atoms with Crippen LogP contribution >= 0.6 is 23.2 Å². The van der Waals surface area contributed by atoms with Crippen LogP contribution in [0.1, 0.15) is 20.7 Å². The van der Waals surface area contributed by atoms with Gasteiger partial charge >= 0.3 is 0 Å². The number of imide groups is 1. The number of benzene rings is 1. The number of amides is 2. The lowest BCUT2D eigenvalue weighted by molar-refractivity contribution is 0.0674. The summed E-state index contributed by atoms with van der Waals surface area (Å²) >= 11 is 11.5. The minimum Gasteiger partial charge on any atom is -0.269 e. The van der Waals surface area contributed by atoms with Crippen LogP contribution in [0.4, 0.5) is 0 Å². The topological polar surface area (TPSA) is 61.2 Å². The molecule has 0 atom stereocenters. The lowest BCUT2D eigenvalue weighted by Gasteiger charge is -2.06. The molecule has 0 spiro atoms. The molecular weight excluding hydrogens is 251 g/mol. The maximum Gasteiger partial charge on any atom is 0.262 e. The Morgan fingerprint density at radius 3 is 1.94 bits per heavy atom. The summed E-state index contributed by atoms with van der Waals surface area (Å²) in [7, 11) is 0. The lowest BCUT2D eigenvalue weighted by Crippen LogP contribution is -2.29. The van der Waals surface area contributed by atoms with E-state index in [4.69, 9.17) is 28.5 Å². The molecule has 0 aromatic heterocycles. The van der Waals surface area contributed by atoms with Crippen molar-refractivity contribution in [3.05, 3.63) is 33.3 Å². The number of halogens is 2. The number of nitriles is 1. The van der Waals surface area contributed by atoms with Crippen molar-refractivity contribution >= 4 is 35.0 Å². The van der Waals surface area contributed by atoms with Crippen molar-refractivity contribution in [1.82, 2.24) is 4.90 Å². The number of fused-ring (bicyclic) bond motifs is 1. The lowest BCUT2D eigenvalue weighted by atomic mass is 10.1. The summed E-state index contributed by atoms with van der Waals surface area (Å²) in [6, 6.07) is 4.44. The zero-order chi connectivity index (χ0) is 11.9. The van der Waals surface area contributed by atoms with Crippen LogP contribution in [0.2, 0.25) is 10.0 Å². The van der Waals surface area contributed by atoms with Gasteiger partial charge in [0.15, 0.2) is 0 Å². The van der Waals surface area contributed by atoms with Crippen LogP contribution in [-0.2, 0) is 0 Å². The molecule has 0 saturated heterocycles. The summed E-state index contributed by atoms with van der Waals surface area (Å²) in [6.07, 6.45) is 0. The fourth-order valence-electron chi connectivity index (χ4n) is 1.50. The first kappa shape index (κ1) is 10.9. The third-order valence-electron chi connectivity index (χ3n) is 2.24. The first-order valence-electron chi connectivity index (χ1n) is 4.28. The van der Waals surface area contributed by atoms with Gasteiger partial charge in [-0.25, -0.2) is 0 Å². The van der Waals surface area contributed by atoms with Crippen molar-refractivity contribution in [3.63, 3.8) is 0 Å². The quantitative estimate of drug-likeness (QED) is 0.570. The van der Waals surface area contributed by atoms with E-state index in [1.54, 1.807) is 6.07 Å². The van der Waals surface area contributed by atoms with E-state index in [1.165, 1.54) is 12.1 Å². The molecule has 1 aliphatic heterocycles. The number of hydrogen-bond donors (Lipinski definition) is 0. The predicted molar refractivity (Wildman–Crippen MR) is 57.4 cm³/mol. The van der Waals surface area contributed by atoms with E-state index in [0.29, 0.717) is 0 Å². The third-order valence-corrected chi connectivity index (χ3v) is 2.96. The second kappa shape index (κ2) is 3.78. The monoisotopic (exact) mass is 254 g/mol. The normalized spacial score (nSPS) is 13.9. The van der Waals surface area contributed by atoms with Crippen LogP contribution in [0, 0.1) is 11.3 Å². The van der Waals surface area contributed by atoms with Crippen LogP contribution in [0.5, 0.6) is 0 Å². The number of carbonyl (C=O) groups excluding carboxylic acids is 2. The highest BCUT2D eigenvalue weighted by Crippen LogP contribution is 2.31. The molecule has 2 amide bonds. The molecule has 80 valence electrons. The molecule has 6 heteroatoms. The molecule has 0 fully saturated rings. The van der Waals surface area contributed by atoms with Gasteiger partial charge < -0.3 is 0 Å². The number of hydrogen-bond acceptors (Lipinski definition) is 3. The molecule has 1 aromatic carbocycles. The molecule has 1 aromatic rings. The summed E-state index contributed by atoms with van der Waals surface area (Å²) in [6.45, 7) is -0.276. The Morgan fingerprint density at radius 1 is 1.12 bits per heavy atom. The molecule has 1 aliphatic rings. The Balaban J connectivity index is 2.57. The van der Waals surface area contributed by atoms with Crippen molar-refractivity contribution in [2.24, 2.45) is 0 Å². The fourth-order valence-corrected chi connectivity index (χ4v) is 1.83. The van der Waals surface area contributed by atoms with E-state index >= 15 is 0 Å². The maximum atomic E-state index is 11.7. The van der Waals surface area contributed by atoms with E-state index in [2.05, 4.69) is 0 Å². The van der Waals surface area contributed by atoms with Gasteiger partial charge in [-0.05, 0) is 12.1 Å². The number of rotatable bonds is 1. The highest BCUT2D eigenvalue weighted by atomic mass is 35.5. The molecule has 4 nitrogen and oxygen atoms in total. The van der Waals surface area contributed by atoms with Crippen molar-refractivity contribution in [2.45, 2.75) is 0 Å². The zero-order valence-electron chi connectivity index (χ0n) is 7.83. The van der Waals surface area contributed by atoms with E-state index in [1.807, 2.05) is 0 Å². The van der Waals surface area contributed by atoms with Crippen LogP contribution in [0.3, 0.4) is 0 Å². The first-order chi connectivity index (χ1) is 7.56. The van der Waals surface area contributed by atoms with Gasteiger partial charge in [0, 0.05) is 0 Å². The van der Waals surface area contributed by atoms with E-state index < -0.39 is 11.8 Å². The minimum absolute atomic E-state index is 0.189. The minimum atomic E-state index is -0.514. The molecule has 0 N–H and O–H groups in total. The molecule has 0 aliphatic carbocycles. The standard InChI is InChI=1S/C10H4Cl2N2O2/c11-7-3-5-6(4-8(7)12)10(16)14(2-1-13)9(5)15/h3-4H,2H2. The molecule has 16 heavy (non-hydrogen) atoms. The summed E-state index contributed by atoms with van der Waals surface area (Å²) in [5.74, 6) is -1.03. The summed E-state index contributed by atoms with van der Waals surface area (Å²) in [4.78, 5) is 24.3. The zero-order valence-corrected chi connectivity index (χ0v) is 9.34. The Morgan fingerprint density at radius 2 is 1.56 bits per heavy atom. The van der Waals surface area contributed by atoms with E-state index in [9.17, 15) is 9.59 Å². The Kier molecular flexibility index (Phi) is 2.58. The van der Waals surface area contributed by atoms with Gasteiger partial charge in [0.25, 0.3) is 11.8 Å². The van der Waals surface area contributed by atoms with Crippen LogP contribution in [0.15, 0.2) is 12.1 Å². The van der Waals surface area contributed by atoms with Crippen molar-refractivity contribution < 1.29 is 9.59 Å². The van der Waals surface area contributed by atoms with Crippen molar-refractivity contribution in [3.8, 4) is 6.07 Å². The van der Waals surface area contributed by atoms with E-state index in [-0.39, 0.29) is 27.7 Å². The van der Waals surface area contributed by atoms with Gasteiger partial charge in [-0.15, -0.1) is 0 Å². The largest absolute Gasteiger partial charge is 0.269 e. The van der Waals surface area contributed by atoms with Gasteiger partial charge in [0.05, 0.1) is 27.2 Å². The molecule has 0 bridgehead atoms. The number of nitrogens with zero attached hydrogens (tertiary/aromatic N) is 2. The summed E-state index contributed by atoms with van der Waals surface area (Å²) in [5, 5.41) is 8.92. The second-order valence-corrected chi connectivity index (χ2v) is 3.98. The van der Waals surface area contributed by atoms with Crippen molar-refractivity contribution in [1.29, 1.82) is 5.26 Å². The average molecular weight is 255 g/mol. The van der Waals surface area contributed by atoms with E-state index in [0.717, 1.165) is 4.90 Å². The molecule has 0 unspecified atom stereocenters. The predicted octanol–water partition coefficient (Wildman–Crippen LogP) is 2.11. The Hall–Kier alpha value is -1.57. The van der Waals surface area contributed by atoms with Gasteiger partial charge in [-0.3, -0.25) is 14.5 Å². The van der Waals surface area contributed by atoms with Gasteiger partial charge in [0.2, 0.25) is 0 Å². The van der Waals surface area contributed by atoms with Gasteiger partial charge in [-0.1, -0.05) is 23.2 Å². The molecule has 2 rings (SSSR count). The molecule has 1 heterocycles. The van der Waals surface area contributed by atoms with Gasteiger partial charge in [-0.2, -0.15) is 5.26 Å². The molecular formula is C10H4Cl2N2O2. The van der Waals surface area contributed by atoms with Crippen LogP contribution in [-0.4, -0.2) is 23.3 Å². The van der Waals surface area contributed by atoms with Gasteiger partial charge in [0.1, 0.15) is 6.54 Å². The second-order valence-electron chi connectivity index (χ2n) is 3.17. The average Bonchev–Trinajstić information content (AvgIpc) is 2.46. The highest BCUT2D eigenvalue weighted by molar-refractivity contribution is 6.43. The smallest absolute Gasteiger partial charge is 0.262 e. The third kappa shape index (κ3) is 1.45. The SMILES string of the molecule is N#CCN1C(=O)c2cc(Cl)c(Cl)cc2C1=O. The fraction of sp³-hybridized carbons (Fsp3) is 0.100. The molecule has 0 radical (unpaired) electrons. The van der Waals surface area contributed by atoms with Crippen LogP contribution < -0.4 is 0 Å². The molecule has 0 saturated carbocycles. The highest BCUT2D eigenvalue weighted by Gasteiger charge is 2.35. The summed E-state index contributed by atoms with van der Waals surface area (Å²) < 4.78 is 0. The maximum absolute atomic E-state index is 11.7. The summed E-state index contributed by atoms with van der Waals surface area (Å²) in [5.41, 5.74) is 0.379. The van der Waals surface area contributed by atoms with Crippen molar-refractivity contribution in [2.75, 3.05) is 6.54 Å². The number of carbonyl (C=O) groups is 2. The first-order valence-corrected chi connectivity index (χ1v) is 5.04. The van der Waals surface area contributed by atoms with Crippen LogP contribution in [0.25, 0.3) is 0 Å².